The molecule has 0 unspecified atom stereocenters. The maximum Gasteiger partial charge on any atom is 0.387 e. The summed E-state index contributed by atoms with van der Waals surface area (Å²) in [4.78, 5) is 2.36. The van der Waals surface area contributed by atoms with Crippen LogP contribution in [0.4, 0.5) is 14.6 Å². The van der Waals surface area contributed by atoms with E-state index in [1.807, 2.05) is 6.92 Å². The number of fused-ring (bicyclic) bond motifs is 1. The van der Waals surface area contributed by atoms with Crippen molar-refractivity contribution in [2.45, 2.75) is 37.9 Å². The summed E-state index contributed by atoms with van der Waals surface area (Å²) in [7, 11) is -2.88. The van der Waals surface area contributed by atoms with Gasteiger partial charge in [0.1, 0.15) is 21.8 Å². The van der Waals surface area contributed by atoms with Gasteiger partial charge in [-0.25, -0.2) is 13.3 Å². The van der Waals surface area contributed by atoms with E-state index in [0.717, 1.165) is 11.1 Å². The van der Waals surface area contributed by atoms with Crippen LogP contribution in [0, 0.1) is 0 Å². The average molecular weight is 542 g/mol. The second-order valence-electron chi connectivity index (χ2n) is 7.68. The van der Waals surface area contributed by atoms with Crippen molar-refractivity contribution in [2.75, 3.05) is 11.8 Å². The molecular weight excluding hydrogens is 520 g/mol. The Labute approximate surface area is 210 Å². The molecule has 0 amide bonds. The van der Waals surface area contributed by atoms with Crippen LogP contribution < -0.4 is 19.0 Å². The molecule has 2 N–H and O–H groups in total. The van der Waals surface area contributed by atoms with Crippen molar-refractivity contribution < 1.29 is 31.2 Å². The number of aryl methyl sites for hydroxylation is 1. The molecule has 0 radical (unpaired) electrons. The maximum absolute atomic E-state index is 13.3. The normalized spacial score (nSPS) is 11.8. The Morgan fingerprint density at radius 3 is 2.67 bits per heavy atom. The Balaban J connectivity index is 1.72. The number of hydrogen-bond acceptors (Lipinski definition) is 8. The molecule has 4 rings (SSSR count). The van der Waals surface area contributed by atoms with Crippen LogP contribution >= 0.6 is 11.8 Å². The van der Waals surface area contributed by atoms with Crippen LogP contribution in [0.25, 0.3) is 11.0 Å². The first-order chi connectivity index (χ1) is 17.2. The summed E-state index contributed by atoms with van der Waals surface area (Å²) in [6, 6.07) is 7.64. The summed E-state index contributed by atoms with van der Waals surface area (Å²) >= 11 is 5.51. The third-order valence-corrected chi connectivity index (χ3v) is 6.77. The largest absolute Gasteiger partial charge is 0.495 e. The lowest BCUT2D eigenvalue weighted by atomic mass is 10.1. The van der Waals surface area contributed by atoms with E-state index in [-0.39, 0.29) is 39.7 Å². The predicted molar refractivity (Wildman–Crippen MR) is 128 cm³/mol. The molecule has 0 aliphatic heterocycles. The molecule has 0 aliphatic carbocycles. The Hall–Kier alpha value is -3.42. The van der Waals surface area contributed by atoms with Gasteiger partial charge in [0.25, 0.3) is 10.0 Å². The molecular formula is C22H22ClF2N5O5S. The molecule has 4 aromatic rings. The van der Waals surface area contributed by atoms with Gasteiger partial charge in [0.15, 0.2) is 11.4 Å². The molecule has 0 fully saturated rings. The van der Waals surface area contributed by atoms with E-state index in [1.165, 1.54) is 31.4 Å². The molecule has 14 heteroatoms. The third-order valence-electron chi connectivity index (χ3n) is 5.27. The zero-order valence-corrected chi connectivity index (χ0v) is 20.7. The molecule has 10 nitrogen and oxygen atoms in total. The molecule has 0 aliphatic rings. The zero-order valence-electron chi connectivity index (χ0n) is 19.2. The molecule has 0 spiro atoms. The van der Waals surface area contributed by atoms with Crippen molar-refractivity contribution in [3.8, 4) is 11.5 Å². The predicted octanol–water partition coefficient (Wildman–Crippen LogP) is 4.29. The Morgan fingerprint density at radius 2 is 1.97 bits per heavy atom. The van der Waals surface area contributed by atoms with Crippen LogP contribution in [-0.4, -0.2) is 37.1 Å². The van der Waals surface area contributed by atoms with Gasteiger partial charge in [0.05, 0.1) is 19.9 Å². The number of hydrogen-bond donors (Lipinski definition) is 2. The topological polar surface area (TPSA) is 121 Å². The standard InChI is InChI=1S/C22H22ClF2N5O5S/c1-3-13-4-5-16(33-2)19(8-13)36(31,32)29-21-20-17(34-22(24)25)6-14(7-18(20)35-28-21)11-30-12-15(9-26-23)10-27-30/h4-8,10,12,22,26H,3,9,11H2,1-2H3,(H,28,29). The van der Waals surface area contributed by atoms with Gasteiger partial charge < -0.3 is 14.0 Å². The summed E-state index contributed by atoms with van der Waals surface area (Å²) in [5.41, 5.74) is 2.13. The summed E-state index contributed by atoms with van der Waals surface area (Å²) in [5, 5.41) is 7.92. The van der Waals surface area contributed by atoms with Crippen LogP contribution in [0.5, 0.6) is 11.5 Å². The van der Waals surface area contributed by atoms with E-state index < -0.39 is 16.6 Å². The summed E-state index contributed by atoms with van der Waals surface area (Å²) < 4.78 is 72.0. The molecule has 36 heavy (non-hydrogen) atoms. The van der Waals surface area contributed by atoms with Gasteiger partial charge in [-0.3, -0.25) is 9.40 Å². The molecule has 0 atom stereocenters. The Kier molecular flexibility index (Phi) is 7.62. The number of anilines is 1. The minimum absolute atomic E-state index is 0.0462. The average Bonchev–Trinajstić information content (AvgIpc) is 3.45. The molecule has 2 heterocycles. The van der Waals surface area contributed by atoms with Gasteiger partial charge in [-0.1, -0.05) is 18.1 Å². The first-order valence-electron chi connectivity index (χ1n) is 10.7. The number of ether oxygens (including phenoxy) is 2. The van der Waals surface area contributed by atoms with Crippen LogP contribution in [0.3, 0.4) is 0 Å². The monoisotopic (exact) mass is 541 g/mol. The van der Waals surface area contributed by atoms with E-state index in [4.69, 9.17) is 25.8 Å². The fourth-order valence-corrected chi connectivity index (χ4v) is 5.00. The van der Waals surface area contributed by atoms with Gasteiger partial charge in [0, 0.05) is 18.3 Å². The van der Waals surface area contributed by atoms with Crippen molar-refractivity contribution in [3.63, 3.8) is 0 Å². The van der Waals surface area contributed by atoms with E-state index in [0.29, 0.717) is 18.5 Å². The van der Waals surface area contributed by atoms with Gasteiger partial charge >= 0.3 is 6.61 Å². The number of aromatic nitrogens is 3. The maximum atomic E-state index is 13.3. The number of methoxy groups -OCH3 is 1. The summed E-state index contributed by atoms with van der Waals surface area (Å²) in [6.45, 7) is -0.713. The van der Waals surface area contributed by atoms with Crippen molar-refractivity contribution in [3.05, 3.63) is 59.4 Å². The van der Waals surface area contributed by atoms with Gasteiger partial charge in [-0.05, 0) is 53.6 Å². The van der Waals surface area contributed by atoms with Crippen LogP contribution in [-0.2, 0) is 29.5 Å². The SMILES string of the molecule is CCc1ccc(OC)c(S(=O)(=O)Nc2noc3cc(Cn4cc(CNCl)cn4)cc(OC(F)F)c23)c1. The first-order valence-corrected chi connectivity index (χ1v) is 12.5. The van der Waals surface area contributed by atoms with Gasteiger partial charge in [0.2, 0.25) is 0 Å². The number of halogens is 3. The minimum atomic E-state index is -4.23. The number of nitrogens with zero attached hydrogens (tertiary/aromatic N) is 3. The Bertz CT molecular complexity index is 1480. The summed E-state index contributed by atoms with van der Waals surface area (Å²) in [6.07, 6.45) is 3.92. The molecule has 2 aromatic heterocycles. The zero-order chi connectivity index (χ0) is 25.9. The quantitative estimate of drug-likeness (QED) is 0.270. The highest BCUT2D eigenvalue weighted by Crippen LogP contribution is 2.37. The lowest BCUT2D eigenvalue weighted by Crippen LogP contribution is -2.15. The first kappa shape index (κ1) is 25.7. The Morgan fingerprint density at radius 1 is 1.17 bits per heavy atom. The smallest absolute Gasteiger partial charge is 0.387 e. The molecule has 2 aromatic carbocycles. The van der Waals surface area contributed by atoms with Crippen molar-refractivity contribution in [2.24, 2.45) is 0 Å². The van der Waals surface area contributed by atoms with Gasteiger partial charge in [-0.2, -0.15) is 13.9 Å². The molecule has 0 saturated carbocycles. The van der Waals surface area contributed by atoms with Crippen molar-refractivity contribution in [1.82, 2.24) is 19.8 Å². The lowest BCUT2D eigenvalue weighted by molar-refractivity contribution is -0.0488. The number of alkyl halides is 2. The molecule has 0 saturated heterocycles. The molecule has 192 valence electrons. The lowest BCUT2D eigenvalue weighted by Gasteiger charge is -2.13. The van der Waals surface area contributed by atoms with Crippen LogP contribution in [0.1, 0.15) is 23.6 Å². The number of sulfonamides is 1. The third kappa shape index (κ3) is 5.53. The number of rotatable bonds is 11. The van der Waals surface area contributed by atoms with Gasteiger partial charge in [-0.15, -0.1) is 0 Å². The highest BCUT2D eigenvalue weighted by atomic mass is 35.5. The second-order valence-corrected chi connectivity index (χ2v) is 9.60. The second kappa shape index (κ2) is 10.7. The van der Waals surface area contributed by atoms with Crippen LogP contribution in [0.15, 0.2) is 52.1 Å². The summed E-state index contributed by atoms with van der Waals surface area (Å²) in [5.74, 6) is -0.493. The van der Waals surface area contributed by atoms with E-state index in [2.05, 4.69) is 19.8 Å². The van der Waals surface area contributed by atoms with Crippen molar-refractivity contribution in [1.29, 1.82) is 0 Å². The highest BCUT2D eigenvalue weighted by Gasteiger charge is 2.26. The molecule has 0 bridgehead atoms. The highest BCUT2D eigenvalue weighted by molar-refractivity contribution is 7.92. The fourth-order valence-electron chi connectivity index (χ4n) is 3.62. The minimum Gasteiger partial charge on any atom is -0.495 e. The number of benzene rings is 2. The van der Waals surface area contributed by atoms with Crippen LogP contribution in [0.2, 0.25) is 0 Å². The van der Waals surface area contributed by atoms with E-state index in [1.54, 1.807) is 23.1 Å². The van der Waals surface area contributed by atoms with Crippen molar-refractivity contribution >= 4 is 38.6 Å². The van der Waals surface area contributed by atoms with E-state index >= 15 is 0 Å². The number of nitrogens with one attached hydrogen (secondary N) is 2. The van der Waals surface area contributed by atoms with E-state index in [9.17, 15) is 17.2 Å². The fraction of sp³-hybridized carbons (Fsp3) is 0.273.